The average Bonchev–Trinajstić information content (AvgIpc) is 2.74. The molecule has 0 radical (unpaired) electrons. The van der Waals surface area contributed by atoms with Crippen molar-refractivity contribution < 1.29 is 0 Å². The van der Waals surface area contributed by atoms with Crippen LogP contribution in [0.15, 0.2) is 6.33 Å². The predicted molar refractivity (Wildman–Crippen MR) is 64.4 cm³/mol. The van der Waals surface area contributed by atoms with Gasteiger partial charge in [-0.25, -0.2) is 4.98 Å². The first-order valence-electron chi connectivity index (χ1n) is 6.56. The molecule has 3 heteroatoms. The van der Waals surface area contributed by atoms with Crippen LogP contribution in [0.2, 0.25) is 0 Å². The van der Waals surface area contributed by atoms with Crippen molar-refractivity contribution in [1.29, 1.82) is 0 Å². The van der Waals surface area contributed by atoms with Crippen LogP contribution in [-0.4, -0.2) is 16.1 Å². The Morgan fingerprint density at radius 2 is 2.12 bits per heavy atom. The fraction of sp³-hybridized carbons (Fsp3) is 0.769. The Kier molecular flexibility index (Phi) is 2.51. The van der Waals surface area contributed by atoms with Gasteiger partial charge in [0.25, 0.3) is 0 Å². The number of nitrogens with one attached hydrogen (secondary N) is 1. The Morgan fingerprint density at radius 1 is 1.31 bits per heavy atom. The number of rotatable bonds is 1. The van der Waals surface area contributed by atoms with Gasteiger partial charge in [-0.1, -0.05) is 19.3 Å². The lowest BCUT2D eigenvalue weighted by Crippen LogP contribution is -2.35. The van der Waals surface area contributed by atoms with Crippen LogP contribution in [0, 0.1) is 0 Å². The molecule has 0 aromatic carbocycles. The molecule has 2 aliphatic rings. The molecule has 0 amide bonds. The number of aromatic nitrogens is 2. The van der Waals surface area contributed by atoms with Crippen LogP contribution in [0.25, 0.3) is 0 Å². The average molecular weight is 219 g/mol. The zero-order valence-corrected chi connectivity index (χ0v) is 10.1. The Hall–Kier alpha value is -0.830. The van der Waals surface area contributed by atoms with Crippen molar-refractivity contribution in [3.05, 3.63) is 17.7 Å². The fourth-order valence-electron chi connectivity index (χ4n) is 3.26. The molecule has 0 spiro atoms. The van der Waals surface area contributed by atoms with Gasteiger partial charge in [0.15, 0.2) is 0 Å². The Balaban J connectivity index is 1.95. The largest absolute Gasteiger partial charge is 0.328 e. The van der Waals surface area contributed by atoms with E-state index in [4.69, 9.17) is 0 Å². The van der Waals surface area contributed by atoms with Gasteiger partial charge in [0.2, 0.25) is 0 Å². The summed E-state index contributed by atoms with van der Waals surface area (Å²) < 4.78 is 2.49. The number of hydrogen-bond donors (Lipinski definition) is 1. The third-order valence-electron chi connectivity index (χ3n) is 4.30. The number of hydrogen-bond acceptors (Lipinski definition) is 2. The highest BCUT2D eigenvalue weighted by Gasteiger charge is 2.31. The lowest BCUT2D eigenvalue weighted by Gasteiger charge is -2.37. The summed E-state index contributed by atoms with van der Waals surface area (Å²) in [6, 6.07) is 0. The van der Waals surface area contributed by atoms with E-state index < -0.39 is 0 Å². The zero-order valence-electron chi connectivity index (χ0n) is 10.1. The lowest BCUT2D eigenvalue weighted by molar-refractivity contribution is 0.212. The van der Waals surface area contributed by atoms with Gasteiger partial charge in [0.05, 0.1) is 12.0 Å². The molecule has 0 bridgehead atoms. The first kappa shape index (κ1) is 10.3. The van der Waals surface area contributed by atoms with Gasteiger partial charge < -0.3 is 9.88 Å². The summed E-state index contributed by atoms with van der Waals surface area (Å²) in [6.07, 6.45) is 10.0. The summed E-state index contributed by atoms with van der Waals surface area (Å²) in [7, 11) is 0. The second-order valence-corrected chi connectivity index (χ2v) is 5.49. The van der Waals surface area contributed by atoms with Crippen molar-refractivity contribution in [3.8, 4) is 0 Å². The number of fused-ring (bicyclic) bond motifs is 1. The molecule has 1 N–H and O–H groups in total. The van der Waals surface area contributed by atoms with E-state index in [-0.39, 0.29) is 0 Å². The third-order valence-corrected chi connectivity index (χ3v) is 4.30. The van der Waals surface area contributed by atoms with Gasteiger partial charge in [-0.3, -0.25) is 0 Å². The van der Waals surface area contributed by atoms with Crippen molar-refractivity contribution in [2.24, 2.45) is 0 Å². The molecule has 16 heavy (non-hydrogen) atoms. The van der Waals surface area contributed by atoms with Crippen LogP contribution in [-0.2, 0) is 18.5 Å². The normalized spacial score (nSPS) is 24.1. The molecule has 1 aromatic heterocycles. The van der Waals surface area contributed by atoms with Gasteiger partial charge in [0.1, 0.15) is 0 Å². The van der Waals surface area contributed by atoms with E-state index >= 15 is 0 Å². The Bertz CT molecular complexity index is 375. The molecule has 3 rings (SSSR count). The smallest absolute Gasteiger partial charge is 0.0957 e. The SMILES string of the molecule is CC1(n2cnc3c2CCNC3)CCCCC1. The minimum absolute atomic E-state index is 0.343. The maximum Gasteiger partial charge on any atom is 0.0957 e. The van der Waals surface area contributed by atoms with Crippen LogP contribution in [0.1, 0.15) is 50.4 Å². The van der Waals surface area contributed by atoms with Crippen LogP contribution < -0.4 is 5.32 Å². The number of imidazole rings is 1. The van der Waals surface area contributed by atoms with Crippen LogP contribution in [0.4, 0.5) is 0 Å². The molecule has 1 fully saturated rings. The molecule has 0 unspecified atom stereocenters. The van der Waals surface area contributed by atoms with Crippen molar-refractivity contribution in [3.63, 3.8) is 0 Å². The molecule has 1 aromatic rings. The standard InChI is InChI=1S/C13H21N3/c1-13(6-3-2-4-7-13)16-10-15-11-9-14-8-5-12(11)16/h10,14H,2-9H2,1H3. The lowest BCUT2D eigenvalue weighted by atomic mass is 9.83. The molecule has 1 aliphatic heterocycles. The van der Waals surface area contributed by atoms with Crippen molar-refractivity contribution in [2.75, 3.05) is 6.54 Å². The second-order valence-electron chi connectivity index (χ2n) is 5.49. The van der Waals surface area contributed by atoms with Crippen molar-refractivity contribution in [1.82, 2.24) is 14.9 Å². The van der Waals surface area contributed by atoms with Gasteiger partial charge in [-0.15, -0.1) is 0 Å². The molecular weight excluding hydrogens is 198 g/mol. The van der Waals surface area contributed by atoms with Gasteiger partial charge in [0, 0.05) is 30.7 Å². The quantitative estimate of drug-likeness (QED) is 0.785. The summed E-state index contributed by atoms with van der Waals surface area (Å²) >= 11 is 0. The van der Waals surface area contributed by atoms with Crippen LogP contribution in [0.5, 0.6) is 0 Å². The molecule has 0 saturated heterocycles. The summed E-state index contributed by atoms with van der Waals surface area (Å²) in [5.74, 6) is 0. The fourth-order valence-corrected chi connectivity index (χ4v) is 3.26. The predicted octanol–water partition coefficient (Wildman–Crippen LogP) is 2.21. The van der Waals surface area contributed by atoms with Gasteiger partial charge in [-0.2, -0.15) is 0 Å². The first-order chi connectivity index (χ1) is 7.80. The second kappa shape index (κ2) is 3.88. The van der Waals surface area contributed by atoms with Gasteiger partial charge in [-0.05, 0) is 19.8 Å². The topological polar surface area (TPSA) is 29.9 Å². The van der Waals surface area contributed by atoms with Crippen molar-refractivity contribution >= 4 is 0 Å². The molecule has 3 nitrogen and oxygen atoms in total. The van der Waals surface area contributed by atoms with Crippen LogP contribution in [0.3, 0.4) is 0 Å². The number of nitrogens with zero attached hydrogens (tertiary/aromatic N) is 2. The maximum atomic E-state index is 4.58. The minimum Gasteiger partial charge on any atom is -0.328 e. The van der Waals surface area contributed by atoms with E-state index in [2.05, 4.69) is 28.1 Å². The molecule has 1 saturated carbocycles. The highest BCUT2D eigenvalue weighted by molar-refractivity contribution is 5.18. The molecule has 0 atom stereocenters. The monoisotopic (exact) mass is 219 g/mol. The van der Waals surface area contributed by atoms with E-state index in [1.165, 1.54) is 43.5 Å². The maximum absolute atomic E-state index is 4.58. The van der Waals surface area contributed by atoms with E-state index in [1.54, 1.807) is 0 Å². The zero-order chi connectivity index (χ0) is 11.0. The Morgan fingerprint density at radius 3 is 2.94 bits per heavy atom. The highest BCUT2D eigenvalue weighted by Crippen LogP contribution is 2.36. The van der Waals surface area contributed by atoms with Crippen molar-refractivity contribution in [2.45, 2.75) is 57.5 Å². The molecule has 2 heterocycles. The third kappa shape index (κ3) is 1.58. The summed E-state index contributed by atoms with van der Waals surface area (Å²) in [4.78, 5) is 4.58. The minimum atomic E-state index is 0.343. The van der Waals surface area contributed by atoms with Crippen LogP contribution >= 0.6 is 0 Å². The highest BCUT2D eigenvalue weighted by atomic mass is 15.1. The molecular formula is C13H21N3. The van der Waals surface area contributed by atoms with Gasteiger partial charge >= 0.3 is 0 Å². The van der Waals surface area contributed by atoms with E-state index in [1.807, 2.05) is 0 Å². The van der Waals surface area contributed by atoms with E-state index in [0.29, 0.717) is 5.54 Å². The molecule has 88 valence electrons. The summed E-state index contributed by atoms with van der Waals surface area (Å²) in [5.41, 5.74) is 3.11. The molecule has 1 aliphatic carbocycles. The Labute approximate surface area is 97.3 Å². The van der Waals surface area contributed by atoms with E-state index in [9.17, 15) is 0 Å². The first-order valence-corrected chi connectivity index (χ1v) is 6.56. The summed E-state index contributed by atoms with van der Waals surface area (Å²) in [5, 5.41) is 3.39. The van der Waals surface area contributed by atoms with E-state index in [0.717, 1.165) is 19.5 Å². The summed E-state index contributed by atoms with van der Waals surface area (Å²) in [6.45, 7) is 4.48.